The van der Waals surface area contributed by atoms with Gasteiger partial charge in [0.25, 0.3) is 5.56 Å². The van der Waals surface area contributed by atoms with Gasteiger partial charge in [-0.25, -0.2) is 9.79 Å². The Morgan fingerprint density at radius 2 is 1.82 bits per heavy atom. The second-order valence-corrected chi connectivity index (χ2v) is 10.6. The number of esters is 1. The summed E-state index contributed by atoms with van der Waals surface area (Å²) in [6, 6.07) is 12.9. The summed E-state index contributed by atoms with van der Waals surface area (Å²) in [6.07, 6.45) is 5.60. The van der Waals surface area contributed by atoms with Crippen LogP contribution in [0.5, 0.6) is 11.5 Å². The van der Waals surface area contributed by atoms with Crippen molar-refractivity contribution in [3.63, 3.8) is 0 Å². The lowest BCUT2D eigenvalue weighted by molar-refractivity contribution is -0.139. The van der Waals surface area contributed by atoms with Gasteiger partial charge in [-0.2, -0.15) is 0 Å². The van der Waals surface area contributed by atoms with Crippen molar-refractivity contribution in [1.82, 2.24) is 4.57 Å². The van der Waals surface area contributed by atoms with Gasteiger partial charge in [-0.05, 0) is 75.1 Å². The second kappa shape index (κ2) is 11.5. The van der Waals surface area contributed by atoms with E-state index in [4.69, 9.17) is 14.2 Å². The number of fused-ring (bicyclic) bond motifs is 1. The molecule has 3 heterocycles. The Hall–Kier alpha value is -3.85. The minimum Gasteiger partial charge on any atom is -0.497 e. The lowest BCUT2D eigenvalue weighted by atomic mass is 9.94. The average Bonchev–Trinajstić information content (AvgIpc) is 3.26. The minimum absolute atomic E-state index is 0.204. The first-order valence-electron chi connectivity index (χ1n) is 13.2. The number of carbonyl (C=O) groups excluding carboxylic acids is 1. The zero-order valence-electron chi connectivity index (χ0n) is 22.7. The van der Waals surface area contributed by atoms with Crippen LogP contribution in [-0.4, -0.2) is 44.5 Å². The van der Waals surface area contributed by atoms with E-state index < -0.39 is 12.0 Å². The Bertz CT molecular complexity index is 1580. The molecule has 2 aliphatic heterocycles. The molecule has 1 aromatic heterocycles. The fraction of sp³-hybridized carbons (Fsp3) is 0.367. The molecular formula is C30H33N3O5S. The highest BCUT2D eigenvalue weighted by Crippen LogP contribution is 2.37. The van der Waals surface area contributed by atoms with Crippen molar-refractivity contribution >= 4 is 29.1 Å². The number of ether oxygens (including phenoxy) is 3. The Morgan fingerprint density at radius 1 is 1.08 bits per heavy atom. The molecule has 0 N–H and O–H groups in total. The summed E-state index contributed by atoms with van der Waals surface area (Å²) in [6.45, 7) is 5.88. The fourth-order valence-electron chi connectivity index (χ4n) is 5.22. The lowest BCUT2D eigenvalue weighted by Crippen LogP contribution is -2.40. The molecule has 0 unspecified atom stereocenters. The van der Waals surface area contributed by atoms with Crippen LogP contribution in [0.15, 0.2) is 63.5 Å². The van der Waals surface area contributed by atoms with Gasteiger partial charge in [-0.1, -0.05) is 23.5 Å². The van der Waals surface area contributed by atoms with E-state index in [0.29, 0.717) is 37.7 Å². The van der Waals surface area contributed by atoms with Gasteiger partial charge in [0.1, 0.15) is 17.5 Å². The maximum Gasteiger partial charge on any atom is 0.338 e. The molecule has 0 aliphatic carbocycles. The van der Waals surface area contributed by atoms with Crippen LogP contribution in [0.4, 0.5) is 5.69 Å². The second-order valence-electron chi connectivity index (χ2n) is 9.55. The number of benzene rings is 2. The molecule has 2 aliphatic rings. The smallest absolute Gasteiger partial charge is 0.338 e. The van der Waals surface area contributed by atoms with E-state index in [1.807, 2.05) is 18.2 Å². The van der Waals surface area contributed by atoms with Gasteiger partial charge in [-0.3, -0.25) is 9.36 Å². The van der Waals surface area contributed by atoms with Crippen LogP contribution < -0.4 is 29.3 Å². The quantitative estimate of drug-likeness (QED) is 0.419. The molecule has 1 fully saturated rings. The van der Waals surface area contributed by atoms with Crippen molar-refractivity contribution in [3.05, 3.63) is 84.5 Å². The van der Waals surface area contributed by atoms with E-state index in [9.17, 15) is 9.59 Å². The van der Waals surface area contributed by atoms with E-state index in [0.717, 1.165) is 18.7 Å². The highest BCUT2D eigenvalue weighted by Gasteiger charge is 2.35. The first-order valence-corrected chi connectivity index (χ1v) is 14.0. The predicted molar refractivity (Wildman–Crippen MR) is 152 cm³/mol. The third kappa shape index (κ3) is 5.23. The van der Waals surface area contributed by atoms with Gasteiger partial charge in [0, 0.05) is 24.3 Å². The molecular weight excluding hydrogens is 514 g/mol. The summed E-state index contributed by atoms with van der Waals surface area (Å²) in [5, 5.41) is 0. The van der Waals surface area contributed by atoms with Crippen molar-refractivity contribution in [2.45, 2.75) is 39.2 Å². The van der Waals surface area contributed by atoms with E-state index in [-0.39, 0.29) is 12.2 Å². The number of nitrogens with zero attached hydrogens (tertiary/aromatic N) is 3. The normalized spacial score (nSPS) is 17.5. The van der Waals surface area contributed by atoms with Gasteiger partial charge in [0.2, 0.25) is 0 Å². The maximum absolute atomic E-state index is 13.9. The first-order chi connectivity index (χ1) is 18.9. The number of piperidine rings is 1. The van der Waals surface area contributed by atoms with Crippen molar-refractivity contribution in [2.24, 2.45) is 4.99 Å². The molecule has 204 valence electrons. The minimum atomic E-state index is -0.783. The molecule has 3 aromatic rings. The van der Waals surface area contributed by atoms with Crippen LogP contribution in [0.1, 0.15) is 50.3 Å². The van der Waals surface area contributed by atoms with E-state index >= 15 is 0 Å². The number of hydrogen-bond donors (Lipinski definition) is 0. The zero-order chi connectivity index (χ0) is 27.5. The molecule has 0 radical (unpaired) electrons. The number of allylic oxidation sites excluding steroid dienone is 1. The molecule has 0 bridgehead atoms. The fourth-order valence-corrected chi connectivity index (χ4v) is 6.27. The monoisotopic (exact) mass is 547 g/mol. The van der Waals surface area contributed by atoms with Crippen LogP contribution in [0.25, 0.3) is 6.08 Å². The van der Waals surface area contributed by atoms with Gasteiger partial charge in [0.05, 0.1) is 36.6 Å². The summed E-state index contributed by atoms with van der Waals surface area (Å²) >= 11 is 1.30. The lowest BCUT2D eigenvalue weighted by Gasteiger charge is -2.28. The van der Waals surface area contributed by atoms with Crippen molar-refractivity contribution in [1.29, 1.82) is 0 Å². The predicted octanol–water partition coefficient (Wildman–Crippen LogP) is 3.81. The number of methoxy groups -OCH3 is 2. The van der Waals surface area contributed by atoms with Crippen molar-refractivity contribution in [2.75, 3.05) is 38.8 Å². The Labute approximate surface area is 231 Å². The summed E-state index contributed by atoms with van der Waals surface area (Å²) in [4.78, 5) is 34.7. The molecule has 5 rings (SSSR count). The number of rotatable bonds is 7. The number of aromatic nitrogens is 1. The van der Waals surface area contributed by atoms with Crippen molar-refractivity contribution < 1.29 is 19.0 Å². The Kier molecular flexibility index (Phi) is 7.88. The third-order valence-corrected chi connectivity index (χ3v) is 8.14. The summed E-state index contributed by atoms with van der Waals surface area (Å²) in [5.74, 6) is 0.593. The number of hydrogen-bond acceptors (Lipinski definition) is 8. The Balaban J connectivity index is 1.63. The molecule has 0 amide bonds. The van der Waals surface area contributed by atoms with Crippen LogP contribution in [0.2, 0.25) is 0 Å². The number of anilines is 1. The van der Waals surface area contributed by atoms with Crippen LogP contribution in [0.3, 0.4) is 0 Å². The third-order valence-electron chi connectivity index (χ3n) is 7.16. The molecule has 9 heteroatoms. The van der Waals surface area contributed by atoms with Crippen LogP contribution in [0, 0.1) is 0 Å². The van der Waals surface area contributed by atoms with E-state index in [1.165, 1.54) is 36.3 Å². The topological polar surface area (TPSA) is 82.4 Å². The standard InChI is InChI=1S/C30H33N3O5S/c1-5-38-29(35)26-19(2)31-30-33(27(26)23-18-22(36-3)13-14-24(23)37-4)28(34)25(39-30)17-20-9-11-21(12-10-20)32-15-7-6-8-16-32/h9-14,17-18,27H,5-8,15-16H2,1-4H3/b25-17+/t27-/m1/s1. The molecule has 1 atom stereocenters. The maximum atomic E-state index is 13.9. The Morgan fingerprint density at radius 3 is 2.49 bits per heavy atom. The largest absolute Gasteiger partial charge is 0.497 e. The van der Waals surface area contributed by atoms with Gasteiger partial charge in [0.15, 0.2) is 4.80 Å². The highest BCUT2D eigenvalue weighted by atomic mass is 32.1. The number of thiazole rings is 1. The first kappa shape index (κ1) is 26.7. The zero-order valence-corrected chi connectivity index (χ0v) is 23.5. The molecule has 0 spiro atoms. The van der Waals surface area contributed by atoms with Crippen LogP contribution in [-0.2, 0) is 9.53 Å². The molecule has 0 saturated carbocycles. The molecule has 1 saturated heterocycles. The molecule has 39 heavy (non-hydrogen) atoms. The van der Waals surface area contributed by atoms with Gasteiger partial charge < -0.3 is 19.1 Å². The number of carbonyl (C=O) groups is 1. The van der Waals surface area contributed by atoms with E-state index in [2.05, 4.69) is 22.0 Å². The summed E-state index contributed by atoms with van der Waals surface area (Å²) in [5.41, 5.74) is 3.32. The average molecular weight is 548 g/mol. The highest BCUT2D eigenvalue weighted by molar-refractivity contribution is 7.07. The van der Waals surface area contributed by atoms with Gasteiger partial charge >= 0.3 is 5.97 Å². The van der Waals surface area contributed by atoms with Crippen molar-refractivity contribution in [3.8, 4) is 11.5 Å². The van der Waals surface area contributed by atoms with Gasteiger partial charge in [-0.15, -0.1) is 0 Å². The van der Waals surface area contributed by atoms with Crippen LogP contribution >= 0.6 is 11.3 Å². The summed E-state index contributed by atoms with van der Waals surface area (Å²) < 4.78 is 18.6. The van der Waals surface area contributed by atoms with E-state index in [1.54, 1.807) is 50.8 Å². The molecule has 2 aromatic carbocycles. The molecule has 8 nitrogen and oxygen atoms in total. The summed E-state index contributed by atoms with van der Waals surface area (Å²) in [7, 11) is 3.13. The SMILES string of the molecule is CCOC(=O)C1=C(C)N=c2s/c(=C/c3ccc(N4CCCCC4)cc3)c(=O)n2[C@@H]1c1cc(OC)ccc1OC.